The number of ketones is 2. The molecule has 0 spiro atoms. The molecule has 0 bridgehead atoms. The monoisotopic (exact) mass is 256 g/mol. The molecule has 0 fully saturated rings. The third-order valence-electron chi connectivity index (χ3n) is 2.66. The highest BCUT2D eigenvalue weighted by molar-refractivity contribution is 6.33. The smallest absolute Gasteiger partial charge is 0.338 e. The van der Waals surface area contributed by atoms with Gasteiger partial charge in [-0.25, -0.2) is 4.79 Å². The Kier molecular flexibility index (Phi) is 3.71. The van der Waals surface area contributed by atoms with Crippen molar-refractivity contribution in [3.05, 3.63) is 53.6 Å². The van der Waals surface area contributed by atoms with Gasteiger partial charge >= 0.3 is 5.97 Å². The summed E-state index contributed by atoms with van der Waals surface area (Å²) in [5.41, 5.74) is 1.36. The van der Waals surface area contributed by atoms with Crippen LogP contribution in [0.25, 0.3) is 5.57 Å². The highest BCUT2D eigenvalue weighted by Crippen LogP contribution is 2.20. The van der Waals surface area contributed by atoms with Crippen LogP contribution in [0.15, 0.2) is 42.5 Å². The van der Waals surface area contributed by atoms with Crippen molar-refractivity contribution >= 4 is 23.1 Å². The minimum absolute atomic E-state index is 0.218. The molecule has 1 aliphatic rings. The van der Waals surface area contributed by atoms with Gasteiger partial charge in [-0.2, -0.15) is 0 Å². The Labute approximate surface area is 110 Å². The van der Waals surface area contributed by atoms with Gasteiger partial charge in [0.25, 0.3) is 0 Å². The van der Waals surface area contributed by atoms with Crippen LogP contribution in [0.4, 0.5) is 0 Å². The molecule has 0 heterocycles. The molecule has 0 saturated carbocycles. The Bertz CT molecular complexity index is 591. The second kappa shape index (κ2) is 5.44. The van der Waals surface area contributed by atoms with E-state index < -0.39 is 5.97 Å². The molecule has 1 aromatic carbocycles. The molecule has 0 N–H and O–H groups in total. The Morgan fingerprint density at radius 2 is 1.79 bits per heavy atom. The molecule has 0 radical (unpaired) electrons. The predicted octanol–water partition coefficient (Wildman–Crippen LogP) is 1.95. The van der Waals surface area contributed by atoms with Crippen molar-refractivity contribution < 1.29 is 19.1 Å². The Balaban J connectivity index is 2.26. The van der Waals surface area contributed by atoms with Gasteiger partial charge in [0.2, 0.25) is 0 Å². The fraction of sp³-hybridized carbons (Fsp3) is 0.133. The van der Waals surface area contributed by atoms with Gasteiger partial charge in [0.15, 0.2) is 11.6 Å². The number of benzene rings is 1. The van der Waals surface area contributed by atoms with E-state index in [-0.39, 0.29) is 11.6 Å². The van der Waals surface area contributed by atoms with E-state index in [4.69, 9.17) is 4.74 Å². The highest BCUT2D eigenvalue weighted by Gasteiger charge is 2.15. The molecule has 0 aromatic heterocycles. The molecule has 0 amide bonds. The Morgan fingerprint density at radius 1 is 1.11 bits per heavy atom. The molecular formula is C15H12O4. The summed E-state index contributed by atoms with van der Waals surface area (Å²) in [5, 5.41) is 0. The molecule has 2 rings (SSSR count). The largest absolute Gasteiger partial charge is 0.462 e. The first-order valence-corrected chi connectivity index (χ1v) is 5.87. The van der Waals surface area contributed by atoms with Crippen LogP contribution in [0.1, 0.15) is 22.8 Å². The number of hydrogen-bond acceptors (Lipinski definition) is 4. The summed E-state index contributed by atoms with van der Waals surface area (Å²) in [6.07, 6.45) is 3.78. The number of allylic oxidation sites excluding steroid dienone is 4. The van der Waals surface area contributed by atoms with Crippen molar-refractivity contribution in [1.29, 1.82) is 0 Å². The van der Waals surface area contributed by atoms with Gasteiger partial charge in [-0.1, -0.05) is 12.1 Å². The highest BCUT2D eigenvalue weighted by atomic mass is 16.5. The topological polar surface area (TPSA) is 60.4 Å². The molecule has 19 heavy (non-hydrogen) atoms. The summed E-state index contributed by atoms with van der Waals surface area (Å²) in [4.78, 5) is 34.4. The second-order valence-electron chi connectivity index (χ2n) is 3.96. The number of hydrogen-bond donors (Lipinski definition) is 0. The van der Waals surface area contributed by atoms with E-state index in [1.807, 2.05) is 0 Å². The fourth-order valence-electron chi connectivity index (χ4n) is 1.73. The second-order valence-corrected chi connectivity index (χ2v) is 3.96. The van der Waals surface area contributed by atoms with E-state index in [2.05, 4.69) is 0 Å². The van der Waals surface area contributed by atoms with Gasteiger partial charge < -0.3 is 4.74 Å². The van der Waals surface area contributed by atoms with Gasteiger partial charge in [0, 0.05) is 5.57 Å². The molecular weight excluding hydrogens is 244 g/mol. The lowest BCUT2D eigenvalue weighted by Gasteiger charge is -2.08. The molecule has 1 aliphatic carbocycles. The van der Waals surface area contributed by atoms with Crippen molar-refractivity contribution in [2.24, 2.45) is 0 Å². The lowest BCUT2D eigenvalue weighted by molar-refractivity contribution is -0.113. The first-order chi connectivity index (χ1) is 9.11. The Hall–Kier alpha value is -2.49. The lowest BCUT2D eigenvalue weighted by Crippen LogP contribution is -2.08. The maximum atomic E-state index is 11.7. The lowest BCUT2D eigenvalue weighted by atomic mass is 9.96. The van der Waals surface area contributed by atoms with Crippen LogP contribution in [0.2, 0.25) is 0 Å². The average Bonchev–Trinajstić information content (AvgIpc) is 2.42. The molecule has 96 valence electrons. The van der Waals surface area contributed by atoms with Gasteiger partial charge in [-0.3, -0.25) is 9.59 Å². The van der Waals surface area contributed by atoms with E-state index >= 15 is 0 Å². The van der Waals surface area contributed by atoms with E-state index in [1.165, 1.54) is 18.2 Å². The molecule has 1 aromatic rings. The van der Waals surface area contributed by atoms with Crippen LogP contribution in [0.5, 0.6) is 0 Å². The summed E-state index contributed by atoms with van der Waals surface area (Å²) < 4.78 is 4.87. The van der Waals surface area contributed by atoms with Crippen molar-refractivity contribution in [3.8, 4) is 0 Å². The van der Waals surface area contributed by atoms with Crippen LogP contribution < -0.4 is 0 Å². The molecule has 0 aliphatic heterocycles. The van der Waals surface area contributed by atoms with Crippen LogP contribution >= 0.6 is 0 Å². The average molecular weight is 256 g/mol. The number of rotatable bonds is 3. The maximum absolute atomic E-state index is 11.7. The Morgan fingerprint density at radius 3 is 2.42 bits per heavy atom. The standard InChI is InChI=1S/C15H12O4/c1-2-19-15(18)11-5-3-10(4-6-11)13-9-12(16)7-8-14(13)17/h3-9H,2H2,1H3. The molecule has 0 atom stereocenters. The van der Waals surface area contributed by atoms with E-state index in [0.29, 0.717) is 23.3 Å². The SMILES string of the molecule is CCOC(=O)c1ccc(C2=CC(=O)C=CC2=O)cc1. The van der Waals surface area contributed by atoms with Crippen molar-refractivity contribution in [3.63, 3.8) is 0 Å². The van der Waals surface area contributed by atoms with Crippen molar-refractivity contribution in [2.75, 3.05) is 6.61 Å². The molecule has 4 heteroatoms. The molecule has 0 unspecified atom stereocenters. The number of carbonyl (C=O) groups is 3. The van der Waals surface area contributed by atoms with E-state index in [0.717, 1.165) is 0 Å². The minimum atomic E-state index is -0.408. The van der Waals surface area contributed by atoms with Crippen molar-refractivity contribution in [2.45, 2.75) is 6.92 Å². The van der Waals surface area contributed by atoms with E-state index in [9.17, 15) is 14.4 Å². The number of ether oxygens (including phenoxy) is 1. The minimum Gasteiger partial charge on any atom is -0.462 e. The number of carbonyl (C=O) groups excluding carboxylic acids is 3. The normalized spacial score (nSPS) is 14.3. The molecule has 0 saturated heterocycles. The van der Waals surface area contributed by atoms with E-state index in [1.54, 1.807) is 31.2 Å². The van der Waals surface area contributed by atoms with Gasteiger partial charge in [0.1, 0.15) is 0 Å². The predicted molar refractivity (Wildman–Crippen MR) is 69.5 cm³/mol. The quantitative estimate of drug-likeness (QED) is 0.612. The molecule has 4 nitrogen and oxygen atoms in total. The third-order valence-corrected chi connectivity index (χ3v) is 2.66. The zero-order valence-electron chi connectivity index (χ0n) is 10.4. The van der Waals surface area contributed by atoms with Crippen LogP contribution in [-0.4, -0.2) is 24.1 Å². The summed E-state index contributed by atoms with van der Waals surface area (Å²) in [6, 6.07) is 6.40. The number of esters is 1. The van der Waals surface area contributed by atoms with Crippen LogP contribution in [0, 0.1) is 0 Å². The maximum Gasteiger partial charge on any atom is 0.338 e. The fourth-order valence-corrected chi connectivity index (χ4v) is 1.73. The first-order valence-electron chi connectivity index (χ1n) is 5.87. The van der Waals surface area contributed by atoms with Gasteiger partial charge in [-0.05, 0) is 42.8 Å². The van der Waals surface area contributed by atoms with Crippen LogP contribution in [-0.2, 0) is 14.3 Å². The van der Waals surface area contributed by atoms with Crippen molar-refractivity contribution in [1.82, 2.24) is 0 Å². The summed E-state index contributed by atoms with van der Waals surface area (Å²) in [6.45, 7) is 2.04. The zero-order chi connectivity index (χ0) is 13.8. The van der Waals surface area contributed by atoms with Crippen LogP contribution in [0.3, 0.4) is 0 Å². The third kappa shape index (κ3) is 2.85. The van der Waals surface area contributed by atoms with Gasteiger partial charge in [-0.15, -0.1) is 0 Å². The summed E-state index contributed by atoms with van der Waals surface area (Å²) in [5.74, 6) is -0.846. The first kappa shape index (κ1) is 13.0. The zero-order valence-corrected chi connectivity index (χ0v) is 10.4. The summed E-state index contributed by atoms with van der Waals surface area (Å²) in [7, 11) is 0. The van der Waals surface area contributed by atoms with Gasteiger partial charge in [0.05, 0.1) is 12.2 Å². The summed E-state index contributed by atoms with van der Waals surface area (Å²) >= 11 is 0.